The molecular formula is C13H13F3N2S. The number of alkyl halides is 3. The average molecular weight is 286 g/mol. The summed E-state index contributed by atoms with van der Waals surface area (Å²) in [6, 6.07) is 3.84. The van der Waals surface area contributed by atoms with E-state index in [1.165, 1.54) is 17.5 Å². The molecule has 2 nitrogen and oxygen atoms in total. The third-order valence-electron chi connectivity index (χ3n) is 2.83. The fourth-order valence-electron chi connectivity index (χ4n) is 1.82. The molecule has 2 aromatic heterocycles. The number of aryl methyl sites for hydroxylation is 1. The molecule has 0 aliphatic heterocycles. The molecule has 0 saturated heterocycles. The van der Waals surface area contributed by atoms with Crippen LogP contribution in [-0.2, 0) is 12.6 Å². The van der Waals surface area contributed by atoms with Gasteiger partial charge >= 0.3 is 6.18 Å². The van der Waals surface area contributed by atoms with Crippen molar-refractivity contribution in [1.29, 1.82) is 0 Å². The summed E-state index contributed by atoms with van der Waals surface area (Å²) in [5.74, 6) is 0. The quantitative estimate of drug-likeness (QED) is 0.932. The summed E-state index contributed by atoms with van der Waals surface area (Å²) in [6.07, 6.45) is -1.25. The number of hydrogen-bond acceptors (Lipinski definition) is 3. The van der Waals surface area contributed by atoms with Gasteiger partial charge in [-0.25, -0.2) is 0 Å². The number of pyridine rings is 1. The van der Waals surface area contributed by atoms with E-state index < -0.39 is 17.8 Å². The highest BCUT2D eigenvalue weighted by molar-refractivity contribution is 7.12. The van der Waals surface area contributed by atoms with Gasteiger partial charge in [0.2, 0.25) is 0 Å². The summed E-state index contributed by atoms with van der Waals surface area (Å²) < 4.78 is 38.7. The smallest absolute Gasteiger partial charge is 0.320 e. The lowest BCUT2D eigenvalue weighted by atomic mass is 10.0. The standard InChI is InChI=1S/C13H13F3N2S/c1-2-8-3-4-11(19-8)12(17)9-7-18-6-5-10(9)13(14,15)16/h3-7,12H,2,17H2,1H3. The molecular weight excluding hydrogens is 273 g/mol. The van der Waals surface area contributed by atoms with Crippen molar-refractivity contribution in [1.82, 2.24) is 4.98 Å². The van der Waals surface area contributed by atoms with Gasteiger partial charge in [0, 0.05) is 27.7 Å². The van der Waals surface area contributed by atoms with E-state index in [9.17, 15) is 13.2 Å². The largest absolute Gasteiger partial charge is 0.416 e. The topological polar surface area (TPSA) is 38.9 Å². The number of aromatic nitrogens is 1. The van der Waals surface area contributed by atoms with Crippen LogP contribution in [0.2, 0.25) is 0 Å². The first kappa shape index (κ1) is 14.0. The molecule has 2 N–H and O–H groups in total. The van der Waals surface area contributed by atoms with Crippen LogP contribution in [0.5, 0.6) is 0 Å². The van der Waals surface area contributed by atoms with Crippen LogP contribution >= 0.6 is 11.3 Å². The third kappa shape index (κ3) is 2.96. The van der Waals surface area contributed by atoms with E-state index in [4.69, 9.17) is 5.73 Å². The van der Waals surface area contributed by atoms with Crippen LogP contribution in [0.15, 0.2) is 30.6 Å². The van der Waals surface area contributed by atoms with E-state index in [1.807, 2.05) is 13.0 Å². The Labute approximate surface area is 113 Å². The molecule has 0 aliphatic rings. The summed E-state index contributed by atoms with van der Waals surface area (Å²) in [5, 5.41) is 0. The third-order valence-corrected chi connectivity index (χ3v) is 4.14. The predicted octanol–water partition coefficient (Wildman–Crippen LogP) is 3.77. The number of hydrogen-bond donors (Lipinski definition) is 1. The summed E-state index contributed by atoms with van der Waals surface area (Å²) in [5.41, 5.74) is 5.24. The SMILES string of the molecule is CCc1ccc(C(N)c2cnccc2C(F)(F)F)s1. The van der Waals surface area contributed by atoms with Gasteiger partial charge in [-0.05, 0) is 24.6 Å². The molecule has 1 atom stereocenters. The second kappa shape index (κ2) is 5.30. The fourth-order valence-corrected chi connectivity index (χ4v) is 2.79. The zero-order valence-corrected chi connectivity index (χ0v) is 11.1. The lowest BCUT2D eigenvalue weighted by molar-refractivity contribution is -0.138. The zero-order valence-electron chi connectivity index (χ0n) is 10.2. The average Bonchev–Trinajstić information content (AvgIpc) is 2.85. The van der Waals surface area contributed by atoms with Gasteiger partial charge in [0.25, 0.3) is 0 Å². The normalized spacial score (nSPS) is 13.5. The molecule has 2 heterocycles. The van der Waals surface area contributed by atoms with Crippen molar-refractivity contribution in [2.75, 3.05) is 0 Å². The molecule has 0 radical (unpaired) electrons. The minimum Gasteiger partial charge on any atom is -0.320 e. The second-order valence-electron chi connectivity index (χ2n) is 4.10. The van der Waals surface area contributed by atoms with Crippen LogP contribution in [0.25, 0.3) is 0 Å². The first-order chi connectivity index (χ1) is 8.93. The van der Waals surface area contributed by atoms with Crippen molar-refractivity contribution < 1.29 is 13.2 Å². The van der Waals surface area contributed by atoms with E-state index in [2.05, 4.69) is 4.98 Å². The van der Waals surface area contributed by atoms with Crippen molar-refractivity contribution in [2.45, 2.75) is 25.6 Å². The maximum Gasteiger partial charge on any atom is 0.416 e. The molecule has 0 spiro atoms. The molecule has 0 fully saturated rings. The van der Waals surface area contributed by atoms with E-state index in [0.29, 0.717) is 0 Å². The lowest BCUT2D eigenvalue weighted by Gasteiger charge is -2.16. The Bertz CT molecular complexity index is 563. The maximum atomic E-state index is 12.9. The van der Waals surface area contributed by atoms with E-state index in [-0.39, 0.29) is 5.56 Å². The minimum atomic E-state index is -4.42. The summed E-state index contributed by atoms with van der Waals surface area (Å²) in [4.78, 5) is 5.57. The summed E-state index contributed by atoms with van der Waals surface area (Å²) in [7, 11) is 0. The molecule has 102 valence electrons. The van der Waals surface area contributed by atoms with Gasteiger partial charge in [-0.15, -0.1) is 11.3 Å². The van der Waals surface area contributed by atoms with Crippen LogP contribution in [0.4, 0.5) is 13.2 Å². The Morgan fingerprint density at radius 1 is 1.32 bits per heavy atom. The number of rotatable bonds is 3. The second-order valence-corrected chi connectivity index (χ2v) is 5.30. The molecule has 2 rings (SSSR count). The molecule has 19 heavy (non-hydrogen) atoms. The highest BCUT2D eigenvalue weighted by atomic mass is 32.1. The van der Waals surface area contributed by atoms with Crippen molar-refractivity contribution in [3.8, 4) is 0 Å². The van der Waals surface area contributed by atoms with Crippen LogP contribution in [-0.4, -0.2) is 4.98 Å². The highest BCUT2D eigenvalue weighted by Gasteiger charge is 2.35. The minimum absolute atomic E-state index is 0.0134. The van der Waals surface area contributed by atoms with Gasteiger partial charge in [0.15, 0.2) is 0 Å². The number of halogens is 3. The Morgan fingerprint density at radius 3 is 2.63 bits per heavy atom. The van der Waals surface area contributed by atoms with E-state index in [1.54, 1.807) is 6.07 Å². The molecule has 1 unspecified atom stereocenters. The van der Waals surface area contributed by atoms with Gasteiger partial charge in [-0.3, -0.25) is 4.98 Å². The number of nitrogens with zero attached hydrogens (tertiary/aromatic N) is 1. The molecule has 0 amide bonds. The van der Waals surface area contributed by atoms with Crippen LogP contribution in [0.3, 0.4) is 0 Å². The number of nitrogens with two attached hydrogens (primary N) is 1. The Morgan fingerprint density at radius 2 is 2.05 bits per heavy atom. The van der Waals surface area contributed by atoms with Crippen molar-refractivity contribution in [3.05, 3.63) is 51.5 Å². The molecule has 0 aromatic carbocycles. The van der Waals surface area contributed by atoms with Crippen LogP contribution < -0.4 is 5.73 Å². The first-order valence-corrected chi connectivity index (χ1v) is 6.60. The van der Waals surface area contributed by atoms with Gasteiger partial charge in [-0.1, -0.05) is 6.92 Å². The highest BCUT2D eigenvalue weighted by Crippen LogP contribution is 2.36. The Hall–Kier alpha value is -1.40. The molecule has 0 bridgehead atoms. The van der Waals surface area contributed by atoms with Gasteiger partial charge in [0.1, 0.15) is 0 Å². The molecule has 6 heteroatoms. The van der Waals surface area contributed by atoms with Crippen molar-refractivity contribution >= 4 is 11.3 Å². The van der Waals surface area contributed by atoms with Crippen LogP contribution in [0.1, 0.15) is 33.8 Å². The van der Waals surface area contributed by atoms with Gasteiger partial charge < -0.3 is 5.73 Å². The lowest BCUT2D eigenvalue weighted by Crippen LogP contribution is -2.18. The Kier molecular flexibility index (Phi) is 3.91. The van der Waals surface area contributed by atoms with Crippen molar-refractivity contribution in [2.24, 2.45) is 5.73 Å². The van der Waals surface area contributed by atoms with Gasteiger partial charge in [-0.2, -0.15) is 13.2 Å². The molecule has 2 aromatic rings. The summed E-state index contributed by atoms with van der Waals surface area (Å²) >= 11 is 1.44. The molecule has 0 aliphatic carbocycles. The fraction of sp³-hybridized carbons (Fsp3) is 0.308. The van der Waals surface area contributed by atoms with Crippen molar-refractivity contribution in [3.63, 3.8) is 0 Å². The predicted molar refractivity (Wildman–Crippen MR) is 69.0 cm³/mol. The van der Waals surface area contributed by atoms with Gasteiger partial charge in [0.05, 0.1) is 11.6 Å². The summed E-state index contributed by atoms with van der Waals surface area (Å²) in [6.45, 7) is 1.99. The maximum absolute atomic E-state index is 12.9. The van der Waals surface area contributed by atoms with E-state index in [0.717, 1.165) is 28.4 Å². The monoisotopic (exact) mass is 286 g/mol. The first-order valence-electron chi connectivity index (χ1n) is 5.78. The Balaban J connectivity index is 2.41. The number of thiophene rings is 1. The van der Waals surface area contributed by atoms with Crippen LogP contribution in [0, 0.1) is 0 Å². The zero-order chi connectivity index (χ0) is 14.0. The van der Waals surface area contributed by atoms with E-state index >= 15 is 0 Å². The molecule has 0 saturated carbocycles.